The fourth-order valence-corrected chi connectivity index (χ4v) is 1.84. The van der Waals surface area contributed by atoms with Gasteiger partial charge in [0.05, 0.1) is 18.2 Å². The highest BCUT2D eigenvalue weighted by Crippen LogP contribution is 2.18. The molecule has 0 fully saturated rings. The normalized spacial score (nSPS) is 11.8. The minimum atomic E-state index is -0.114. The van der Waals surface area contributed by atoms with Crippen LogP contribution in [0.25, 0.3) is 0 Å². The fourth-order valence-electron chi connectivity index (χ4n) is 1.84. The van der Waals surface area contributed by atoms with E-state index in [0.29, 0.717) is 24.5 Å². The third-order valence-electron chi connectivity index (χ3n) is 2.85. The third kappa shape index (κ3) is 3.10. The Kier molecular flexibility index (Phi) is 4.63. The molecule has 0 aliphatic rings. The van der Waals surface area contributed by atoms with Crippen molar-refractivity contribution in [3.8, 4) is 6.07 Å². The lowest BCUT2D eigenvalue weighted by Gasteiger charge is -2.15. The van der Waals surface area contributed by atoms with Crippen molar-refractivity contribution in [1.29, 1.82) is 5.26 Å². The first-order valence-corrected chi connectivity index (χ1v) is 6.24. The van der Waals surface area contributed by atoms with Crippen molar-refractivity contribution in [3.05, 3.63) is 36.0 Å². The second-order valence-electron chi connectivity index (χ2n) is 4.25. The Balaban J connectivity index is 2.14. The Bertz CT molecular complexity index is 603. The number of pyridine rings is 1. The van der Waals surface area contributed by atoms with Crippen LogP contribution in [-0.2, 0) is 11.3 Å². The second-order valence-corrected chi connectivity index (χ2v) is 4.25. The number of nitrogens with zero attached hydrogens (tertiary/aromatic N) is 5. The summed E-state index contributed by atoms with van der Waals surface area (Å²) in [6, 6.07) is 5.44. The predicted molar refractivity (Wildman–Crippen MR) is 72.9 cm³/mol. The number of aromatic nitrogens is 4. The van der Waals surface area contributed by atoms with Gasteiger partial charge in [-0.25, -0.2) is 4.98 Å². The minimum Gasteiger partial charge on any atom is -0.383 e. The van der Waals surface area contributed by atoms with E-state index in [1.165, 1.54) is 0 Å². The van der Waals surface area contributed by atoms with Gasteiger partial charge in [-0.2, -0.15) is 5.26 Å². The molecular weight excluding hydrogens is 256 g/mol. The van der Waals surface area contributed by atoms with E-state index in [1.54, 1.807) is 31.8 Å². The zero-order chi connectivity index (χ0) is 14.4. The van der Waals surface area contributed by atoms with Gasteiger partial charge in [0, 0.05) is 19.9 Å². The molecule has 1 atom stereocenters. The van der Waals surface area contributed by atoms with Crippen molar-refractivity contribution in [1.82, 2.24) is 19.7 Å². The Labute approximate surface area is 117 Å². The van der Waals surface area contributed by atoms with Gasteiger partial charge >= 0.3 is 0 Å². The fraction of sp³-hybridized carbons (Fsp3) is 0.385. The van der Waals surface area contributed by atoms with E-state index < -0.39 is 0 Å². The highest BCUT2D eigenvalue weighted by molar-refractivity contribution is 5.51. The van der Waals surface area contributed by atoms with Crippen LogP contribution in [0, 0.1) is 11.3 Å². The van der Waals surface area contributed by atoms with E-state index in [0.717, 1.165) is 5.82 Å². The third-order valence-corrected chi connectivity index (χ3v) is 2.85. The van der Waals surface area contributed by atoms with Crippen LogP contribution in [-0.4, -0.2) is 33.5 Å². The van der Waals surface area contributed by atoms with Crippen LogP contribution >= 0.6 is 0 Å². The summed E-state index contributed by atoms with van der Waals surface area (Å²) in [6.45, 7) is 3.21. The van der Waals surface area contributed by atoms with Crippen molar-refractivity contribution < 1.29 is 4.74 Å². The number of nitriles is 1. The Hall–Kier alpha value is -2.46. The summed E-state index contributed by atoms with van der Waals surface area (Å²) in [5.41, 5.74) is 0.502. The molecule has 1 unspecified atom stereocenters. The number of hydrogen-bond donors (Lipinski definition) is 1. The number of nitrogens with one attached hydrogen (secondary N) is 1. The molecule has 0 radical (unpaired) electrons. The number of ether oxygens (including phenoxy) is 1. The summed E-state index contributed by atoms with van der Waals surface area (Å²) < 4.78 is 6.97. The van der Waals surface area contributed by atoms with Crippen LogP contribution in [0.15, 0.2) is 24.7 Å². The van der Waals surface area contributed by atoms with Crippen molar-refractivity contribution in [2.45, 2.75) is 19.5 Å². The molecule has 7 heteroatoms. The summed E-state index contributed by atoms with van der Waals surface area (Å²) >= 11 is 0. The molecule has 0 aromatic carbocycles. The van der Waals surface area contributed by atoms with Crippen LogP contribution in [0.2, 0.25) is 0 Å². The molecular formula is C13H16N6O. The van der Waals surface area contributed by atoms with Crippen LogP contribution in [0.3, 0.4) is 0 Å². The summed E-state index contributed by atoms with van der Waals surface area (Å²) in [6.07, 6.45) is 3.31. The molecule has 2 rings (SSSR count). The summed E-state index contributed by atoms with van der Waals surface area (Å²) in [5, 5.41) is 20.3. The van der Waals surface area contributed by atoms with E-state index in [2.05, 4.69) is 26.6 Å². The lowest BCUT2D eigenvalue weighted by atomic mass is 10.2. The van der Waals surface area contributed by atoms with Crippen molar-refractivity contribution in [3.63, 3.8) is 0 Å². The first-order valence-electron chi connectivity index (χ1n) is 6.24. The summed E-state index contributed by atoms with van der Waals surface area (Å²) in [4.78, 5) is 4.18. The van der Waals surface area contributed by atoms with Gasteiger partial charge < -0.3 is 14.6 Å². The van der Waals surface area contributed by atoms with E-state index in [-0.39, 0.29) is 6.04 Å². The maximum absolute atomic E-state index is 9.05. The number of hydrogen-bond acceptors (Lipinski definition) is 6. The predicted octanol–water partition coefficient (Wildman–Crippen LogP) is 1.36. The van der Waals surface area contributed by atoms with Gasteiger partial charge in [-0.3, -0.25) is 0 Å². The van der Waals surface area contributed by atoms with Gasteiger partial charge in [0.15, 0.2) is 5.82 Å². The smallest absolute Gasteiger partial charge is 0.155 e. The van der Waals surface area contributed by atoms with Gasteiger partial charge in [-0.15, -0.1) is 10.2 Å². The quantitative estimate of drug-likeness (QED) is 0.854. The molecule has 0 amide bonds. The van der Waals surface area contributed by atoms with Crippen molar-refractivity contribution in [2.75, 3.05) is 19.0 Å². The van der Waals surface area contributed by atoms with Gasteiger partial charge in [0.2, 0.25) is 0 Å². The minimum absolute atomic E-state index is 0.114. The average Bonchev–Trinajstić information content (AvgIpc) is 2.94. The average molecular weight is 272 g/mol. The zero-order valence-electron chi connectivity index (χ0n) is 11.4. The van der Waals surface area contributed by atoms with Crippen molar-refractivity contribution in [2.24, 2.45) is 0 Å². The molecule has 2 aromatic heterocycles. The molecule has 0 aliphatic heterocycles. The Morgan fingerprint density at radius 2 is 2.40 bits per heavy atom. The first-order chi connectivity index (χ1) is 9.76. The van der Waals surface area contributed by atoms with Crippen LogP contribution in [0.5, 0.6) is 0 Å². The summed E-state index contributed by atoms with van der Waals surface area (Å²) in [5.74, 6) is 1.32. The molecule has 0 spiro atoms. The standard InChI is InChI=1S/C13H16N6O/c1-10(13-18-16-9-19(13)6-7-20-2)17-12-11(8-14)4-3-5-15-12/h3-5,9-10H,6-7H2,1-2H3,(H,15,17). The van der Waals surface area contributed by atoms with Crippen LogP contribution < -0.4 is 5.32 Å². The summed E-state index contributed by atoms with van der Waals surface area (Å²) in [7, 11) is 1.65. The largest absolute Gasteiger partial charge is 0.383 e. The Morgan fingerprint density at radius 1 is 1.55 bits per heavy atom. The molecule has 2 aromatic rings. The van der Waals surface area contributed by atoms with E-state index in [9.17, 15) is 0 Å². The van der Waals surface area contributed by atoms with Gasteiger partial charge in [0.25, 0.3) is 0 Å². The topological polar surface area (TPSA) is 88.7 Å². The lowest BCUT2D eigenvalue weighted by Crippen LogP contribution is -2.16. The van der Waals surface area contributed by atoms with Crippen LogP contribution in [0.1, 0.15) is 24.4 Å². The highest BCUT2D eigenvalue weighted by atomic mass is 16.5. The maximum Gasteiger partial charge on any atom is 0.155 e. The lowest BCUT2D eigenvalue weighted by molar-refractivity contribution is 0.186. The molecule has 7 nitrogen and oxygen atoms in total. The molecule has 0 saturated carbocycles. The number of methoxy groups -OCH3 is 1. The number of rotatable bonds is 6. The first kappa shape index (κ1) is 14.0. The van der Waals surface area contributed by atoms with Crippen LogP contribution in [0.4, 0.5) is 5.82 Å². The molecule has 104 valence electrons. The van der Waals surface area contributed by atoms with Crippen molar-refractivity contribution >= 4 is 5.82 Å². The molecule has 2 heterocycles. The number of anilines is 1. The molecule has 0 saturated heterocycles. The van der Waals surface area contributed by atoms with Gasteiger partial charge in [0.1, 0.15) is 18.2 Å². The van der Waals surface area contributed by atoms with Gasteiger partial charge in [-0.1, -0.05) is 0 Å². The monoisotopic (exact) mass is 272 g/mol. The molecule has 0 bridgehead atoms. The maximum atomic E-state index is 9.05. The molecule has 1 N–H and O–H groups in total. The SMILES string of the molecule is COCCn1cnnc1C(C)Nc1ncccc1C#N. The van der Waals surface area contributed by atoms with E-state index in [4.69, 9.17) is 10.00 Å². The van der Waals surface area contributed by atoms with E-state index in [1.807, 2.05) is 11.5 Å². The van der Waals surface area contributed by atoms with E-state index >= 15 is 0 Å². The molecule has 0 aliphatic carbocycles. The highest BCUT2D eigenvalue weighted by Gasteiger charge is 2.15. The van der Waals surface area contributed by atoms with Gasteiger partial charge in [-0.05, 0) is 19.1 Å². The molecule has 20 heavy (non-hydrogen) atoms. The second kappa shape index (κ2) is 6.63. The Morgan fingerprint density at radius 3 is 3.15 bits per heavy atom. The zero-order valence-corrected chi connectivity index (χ0v) is 11.4.